The van der Waals surface area contributed by atoms with E-state index in [0.29, 0.717) is 0 Å². The molecule has 1 atom stereocenters. The molecule has 0 aliphatic rings. The quantitative estimate of drug-likeness (QED) is 0.788. The van der Waals surface area contributed by atoms with Crippen molar-refractivity contribution in [3.63, 3.8) is 0 Å². The van der Waals surface area contributed by atoms with Gasteiger partial charge in [-0.15, -0.1) is 0 Å². The van der Waals surface area contributed by atoms with Crippen LogP contribution in [0.3, 0.4) is 0 Å². The topological polar surface area (TPSA) is 55.9 Å². The van der Waals surface area contributed by atoms with E-state index in [4.69, 9.17) is 0 Å². The molecule has 2 aromatic heterocycles. The third-order valence-corrected chi connectivity index (χ3v) is 4.21. The lowest BCUT2D eigenvalue weighted by Gasteiger charge is -2.08. The smallest absolute Gasteiger partial charge is 0.129 e. The minimum atomic E-state index is -0.703. The summed E-state index contributed by atoms with van der Waals surface area (Å²) in [5.41, 5.74) is 1.56. The SMILES string of the molecule is CCn1ncc(C(O)c2cn(C)nc2I)c1Br. The first-order valence-electron chi connectivity index (χ1n) is 5.13. The molecule has 0 fully saturated rings. The first-order valence-corrected chi connectivity index (χ1v) is 7.00. The second-order valence-electron chi connectivity index (χ2n) is 3.66. The number of nitrogens with zero attached hydrogens (tertiary/aromatic N) is 4. The van der Waals surface area contributed by atoms with Crippen molar-refractivity contribution in [2.24, 2.45) is 7.05 Å². The lowest BCUT2D eigenvalue weighted by molar-refractivity contribution is 0.218. The van der Waals surface area contributed by atoms with Crippen molar-refractivity contribution in [2.75, 3.05) is 0 Å². The first-order chi connectivity index (χ1) is 8.04. The summed E-state index contributed by atoms with van der Waals surface area (Å²) in [6, 6.07) is 0. The van der Waals surface area contributed by atoms with Gasteiger partial charge >= 0.3 is 0 Å². The summed E-state index contributed by atoms with van der Waals surface area (Å²) in [6.07, 6.45) is 2.80. The minimum Gasteiger partial charge on any atom is -0.383 e. The molecule has 92 valence electrons. The molecule has 2 heterocycles. The van der Waals surface area contributed by atoms with Crippen LogP contribution in [0.4, 0.5) is 0 Å². The normalized spacial score (nSPS) is 13.0. The van der Waals surface area contributed by atoms with Crippen molar-refractivity contribution in [3.8, 4) is 0 Å². The second-order valence-corrected chi connectivity index (χ2v) is 5.43. The van der Waals surface area contributed by atoms with Gasteiger partial charge < -0.3 is 5.11 Å². The highest BCUT2D eigenvalue weighted by atomic mass is 127. The Morgan fingerprint density at radius 2 is 2.24 bits per heavy atom. The zero-order valence-electron chi connectivity index (χ0n) is 9.43. The Bertz CT molecular complexity index is 536. The summed E-state index contributed by atoms with van der Waals surface area (Å²) < 4.78 is 5.10. The highest BCUT2D eigenvalue weighted by molar-refractivity contribution is 14.1. The summed E-state index contributed by atoms with van der Waals surface area (Å²) in [4.78, 5) is 0. The van der Waals surface area contributed by atoms with E-state index in [0.717, 1.165) is 26.0 Å². The summed E-state index contributed by atoms with van der Waals surface area (Å²) in [6.45, 7) is 2.76. The first kappa shape index (κ1) is 13.0. The van der Waals surface area contributed by atoms with Gasteiger partial charge in [0.25, 0.3) is 0 Å². The number of aliphatic hydroxyl groups is 1. The van der Waals surface area contributed by atoms with Gasteiger partial charge in [0.15, 0.2) is 0 Å². The molecule has 0 amide bonds. The molecule has 0 bridgehead atoms. The van der Waals surface area contributed by atoms with Crippen LogP contribution in [-0.4, -0.2) is 24.7 Å². The molecule has 0 saturated heterocycles. The van der Waals surface area contributed by atoms with Gasteiger partial charge in [-0.3, -0.25) is 9.36 Å². The summed E-state index contributed by atoms with van der Waals surface area (Å²) >= 11 is 5.57. The lowest BCUT2D eigenvalue weighted by Crippen LogP contribution is -2.02. The molecule has 2 aromatic rings. The van der Waals surface area contributed by atoms with Crippen LogP contribution in [0.25, 0.3) is 0 Å². The number of hydrogen-bond acceptors (Lipinski definition) is 3. The monoisotopic (exact) mass is 410 g/mol. The molecule has 0 radical (unpaired) electrons. The summed E-state index contributed by atoms with van der Waals surface area (Å²) in [7, 11) is 1.84. The van der Waals surface area contributed by atoms with Crippen molar-refractivity contribution >= 4 is 38.5 Å². The van der Waals surface area contributed by atoms with E-state index in [1.54, 1.807) is 15.6 Å². The highest BCUT2D eigenvalue weighted by Gasteiger charge is 2.21. The third-order valence-electron chi connectivity index (χ3n) is 2.50. The van der Waals surface area contributed by atoms with E-state index in [1.165, 1.54) is 0 Å². The van der Waals surface area contributed by atoms with Gasteiger partial charge in [-0.1, -0.05) is 0 Å². The van der Waals surface area contributed by atoms with Crippen molar-refractivity contribution in [1.29, 1.82) is 0 Å². The van der Waals surface area contributed by atoms with Crippen LogP contribution in [0.2, 0.25) is 0 Å². The van der Waals surface area contributed by atoms with E-state index in [9.17, 15) is 5.11 Å². The Morgan fingerprint density at radius 1 is 1.53 bits per heavy atom. The molecule has 2 rings (SSSR count). The Hall–Kier alpha value is -0.410. The molecule has 1 unspecified atom stereocenters. The van der Waals surface area contributed by atoms with Gasteiger partial charge in [0, 0.05) is 30.9 Å². The molecule has 0 spiro atoms. The predicted octanol–water partition coefficient (Wildman–Crippen LogP) is 2.09. The number of aliphatic hydroxyl groups excluding tert-OH is 1. The molecule has 7 heteroatoms. The molecule has 17 heavy (non-hydrogen) atoms. The third kappa shape index (κ3) is 2.41. The van der Waals surface area contributed by atoms with Crippen LogP contribution in [0.15, 0.2) is 17.0 Å². The van der Waals surface area contributed by atoms with Crippen LogP contribution >= 0.6 is 38.5 Å². The van der Waals surface area contributed by atoms with Gasteiger partial charge in [-0.05, 0) is 45.4 Å². The number of aryl methyl sites for hydroxylation is 2. The summed E-state index contributed by atoms with van der Waals surface area (Å²) in [5.74, 6) is 0. The van der Waals surface area contributed by atoms with Crippen LogP contribution in [0.1, 0.15) is 24.2 Å². The minimum absolute atomic E-state index is 0.703. The van der Waals surface area contributed by atoms with Crippen molar-refractivity contribution in [2.45, 2.75) is 19.6 Å². The number of halogens is 2. The van der Waals surface area contributed by atoms with E-state index in [2.05, 4.69) is 48.7 Å². The zero-order valence-corrected chi connectivity index (χ0v) is 13.2. The Kier molecular flexibility index (Phi) is 3.88. The maximum absolute atomic E-state index is 10.3. The van der Waals surface area contributed by atoms with Gasteiger partial charge in [-0.25, -0.2) is 0 Å². The maximum atomic E-state index is 10.3. The summed E-state index contributed by atoms with van der Waals surface area (Å²) in [5, 5.41) is 18.7. The van der Waals surface area contributed by atoms with Crippen molar-refractivity contribution in [1.82, 2.24) is 19.6 Å². The molecule has 1 N–H and O–H groups in total. The number of aromatic nitrogens is 4. The number of rotatable bonds is 3. The van der Waals surface area contributed by atoms with E-state index in [1.807, 2.05) is 20.2 Å². The van der Waals surface area contributed by atoms with E-state index in [-0.39, 0.29) is 0 Å². The van der Waals surface area contributed by atoms with Gasteiger partial charge in [0.05, 0.1) is 6.20 Å². The van der Waals surface area contributed by atoms with Crippen molar-refractivity contribution in [3.05, 3.63) is 31.8 Å². The average Bonchev–Trinajstić information content (AvgIpc) is 2.81. The Balaban J connectivity index is 2.40. The predicted molar refractivity (Wildman–Crippen MR) is 75.6 cm³/mol. The molecule has 0 aromatic carbocycles. The zero-order chi connectivity index (χ0) is 12.6. The van der Waals surface area contributed by atoms with Gasteiger partial charge in [-0.2, -0.15) is 10.2 Å². The van der Waals surface area contributed by atoms with Gasteiger partial charge in [0.1, 0.15) is 14.4 Å². The average molecular weight is 411 g/mol. The Labute approximate surface area is 121 Å². The molecular weight excluding hydrogens is 399 g/mol. The van der Waals surface area contributed by atoms with Crippen LogP contribution in [0, 0.1) is 3.70 Å². The molecular formula is C10H12BrIN4O. The van der Waals surface area contributed by atoms with Crippen LogP contribution in [-0.2, 0) is 13.6 Å². The fourth-order valence-corrected chi connectivity index (χ4v) is 3.06. The fourth-order valence-electron chi connectivity index (χ4n) is 1.62. The second kappa shape index (κ2) is 5.07. The van der Waals surface area contributed by atoms with Crippen LogP contribution in [0.5, 0.6) is 0 Å². The van der Waals surface area contributed by atoms with E-state index < -0.39 is 6.10 Å². The van der Waals surface area contributed by atoms with E-state index >= 15 is 0 Å². The molecule has 5 nitrogen and oxygen atoms in total. The molecule has 0 saturated carbocycles. The van der Waals surface area contributed by atoms with Gasteiger partial charge in [0.2, 0.25) is 0 Å². The standard InChI is InChI=1S/C10H12BrIN4O/c1-3-16-9(11)6(4-13-16)8(17)7-5-15(2)14-10(7)12/h4-5,8,17H,3H2,1-2H3. The Morgan fingerprint density at radius 3 is 2.71 bits per heavy atom. The molecule has 0 aliphatic heterocycles. The van der Waals surface area contributed by atoms with Crippen LogP contribution < -0.4 is 0 Å². The fraction of sp³-hybridized carbons (Fsp3) is 0.400. The number of hydrogen-bond donors (Lipinski definition) is 1. The molecule has 0 aliphatic carbocycles. The lowest BCUT2D eigenvalue weighted by atomic mass is 10.1. The highest BCUT2D eigenvalue weighted by Crippen LogP contribution is 2.30. The van der Waals surface area contributed by atoms with Crippen molar-refractivity contribution < 1.29 is 5.11 Å². The maximum Gasteiger partial charge on any atom is 0.129 e. The largest absolute Gasteiger partial charge is 0.383 e.